The summed E-state index contributed by atoms with van der Waals surface area (Å²) in [6.45, 7) is 4.87. The summed E-state index contributed by atoms with van der Waals surface area (Å²) in [5.41, 5.74) is 5.04. The van der Waals surface area contributed by atoms with Gasteiger partial charge in [0.25, 0.3) is 0 Å². The zero-order valence-electron chi connectivity index (χ0n) is 8.09. The molecular weight excluding hydrogens is 162 g/mol. The standard InChI is InChI=1S/C11H15NO/c1-7-3-4-8(2)11-10(7)5-9(13)6-12-11/h3-4,9,12-13H,5-6H2,1-2H3/t9-/m0/s1. The highest BCUT2D eigenvalue weighted by Gasteiger charge is 2.18. The third-order valence-corrected chi connectivity index (χ3v) is 2.71. The van der Waals surface area contributed by atoms with Gasteiger partial charge in [0.15, 0.2) is 0 Å². The molecule has 0 bridgehead atoms. The van der Waals surface area contributed by atoms with Gasteiger partial charge in [0.2, 0.25) is 0 Å². The predicted octanol–water partition coefficient (Wildman–Crippen LogP) is 1.63. The van der Waals surface area contributed by atoms with Gasteiger partial charge in [-0.05, 0) is 30.5 Å². The molecule has 0 saturated carbocycles. The highest BCUT2D eigenvalue weighted by molar-refractivity contribution is 5.61. The molecule has 0 unspecified atom stereocenters. The molecule has 0 aliphatic carbocycles. The average Bonchev–Trinajstić information content (AvgIpc) is 2.12. The normalized spacial score (nSPS) is 20.7. The van der Waals surface area contributed by atoms with Gasteiger partial charge in [0.1, 0.15) is 0 Å². The van der Waals surface area contributed by atoms with E-state index in [4.69, 9.17) is 0 Å². The Bertz CT molecular complexity index is 333. The summed E-state index contributed by atoms with van der Waals surface area (Å²) < 4.78 is 0. The molecule has 1 aliphatic rings. The lowest BCUT2D eigenvalue weighted by molar-refractivity contribution is 0.184. The Morgan fingerprint density at radius 3 is 2.77 bits per heavy atom. The summed E-state index contributed by atoms with van der Waals surface area (Å²) in [6, 6.07) is 4.24. The molecule has 0 aromatic heterocycles. The van der Waals surface area contributed by atoms with Gasteiger partial charge < -0.3 is 10.4 Å². The number of benzene rings is 1. The van der Waals surface area contributed by atoms with Crippen LogP contribution in [0.4, 0.5) is 5.69 Å². The number of nitrogens with one attached hydrogen (secondary N) is 1. The summed E-state index contributed by atoms with van der Waals surface area (Å²) in [4.78, 5) is 0. The first kappa shape index (κ1) is 8.57. The summed E-state index contributed by atoms with van der Waals surface area (Å²) in [5.74, 6) is 0. The molecule has 70 valence electrons. The van der Waals surface area contributed by atoms with Gasteiger partial charge in [-0.2, -0.15) is 0 Å². The van der Waals surface area contributed by atoms with Gasteiger partial charge in [-0.3, -0.25) is 0 Å². The fraction of sp³-hybridized carbons (Fsp3) is 0.455. The number of hydrogen-bond donors (Lipinski definition) is 2. The fourth-order valence-electron chi connectivity index (χ4n) is 1.91. The highest BCUT2D eigenvalue weighted by Crippen LogP contribution is 2.28. The summed E-state index contributed by atoms with van der Waals surface area (Å²) >= 11 is 0. The smallest absolute Gasteiger partial charge is 0.0753 e. The Kier molecular flexibility index (Phi) is 2.00. The third kappa shape index (κ3) is 1.42. The number of rotatable bonds is 0. The van der Waals surface area contributed by atoms with E-state index in [2.05, 4.69) is 31.3 Å². The van der Waals surface area contributed by atoms with Gasteiger partial charge in [0, 0.05) is 18.7 Å². The number of aliphatic hydroxyl groups excluding tert-OH is 1. The van der Waals surface area contributed by atoms with Crippen LogP contribution in [0, 0.1) is 13.8 Å². The second-order valence-corrected chi connectivity index (χ2v) is 3.79. The number of hydrogen-bond acceptors (Lipinski definition) is 2. The first-order valence-electron chi connectivity index (χ1n) is 4.69. The summed E-state index contributed by atoms with van der Waals surface area (Å²) in [7, 11) is 0. The van der Waals surface area contributed by atoms with Crippen LogP contribution in [0.2, 0.25) is 0 Å². The molecule has 2 nitrogen and oxygen atoms in total. The molecule has 1 atom stereocenters. The molecule has 13 heavy (non-hydrogen) atoms. The maximum atomic E-state index is 9.51. The van der Waals surface area contributed by atoms with Crippen LogP contribution < -0.4 is 5.32 Å². The molecule has 1 aromatic rings. The SMILES string of the molecule is Cc1ccc(C)c2c1C[C@H](O)CN2. The Hall–Kier alpha value is -1.02. The maximum absolute atomic E-state index is 9.51. The van der Waals surface area contributed by atoms with Crippen molar-refractivity contribution in [2.75, 3.05) is 11.9 Å². The second-order valence-electron chi connectivity index (χ2n) is 3.79. The van der Waals surface area contributed by atoms with Gasteiger partial charge in [-0.1, -0.05) is 12.1 Å². The summed E-state index contributed by atoms with van der Waals surface area (Å²) in [5, 5.41) is 12.8. The lowest BCUT2D eigenvalue weighted by Crippen LogP contribution is -2.28. The van der Waals surface area contributed by atoms with Crippen LogP contribution in [0.1, 0.15) is 16.7 Å². The lowest BCUT2D eigenvalue weighted by Gasteiger charge is -2.25. The highest BCUT2D eigenvalue weighted by atomic mass is 16.3. The quantitative estimate of drug-likeness (QED) is 0.631. The zero-order chi connectivity index (χ0) is 9.42. The van der Waals surface area contributed by atoms with Gasteiger partial charge in [-0.15, -0.1) is 0 Å². The van der Waals surface area contributed by atoms with E-state index in [0.29, 0.717) is 6.54 Å². The van der Waals surface area contributed by atoms with Crippen LogP contribution in [-0.4, -0.2) is 17.8 Å². The fourth-order valence-corrected chi connectivity index (χ4v) is 1.91. The molecule has 0 amide bonds. The first-order valence-corrected chi connectivity index (χ1v) is 4.69. The lowest BCUT2D eigenvalue weighted by atomic mass is 9.94. The molecule has 0 radical (unpaired) electrons. The van der Waals surface area contributed by atoms with Crippen molar-refractivity contribution in [3.63, 3.8) is 0 Å². The zero-order valence-corrected chi connectivity index (χ0v) is 8.09. The van der Waals surface area contributed by atoms with Crippen LogP contribution in [0.25, 0.3) is 0 Å². The van der Waals surface area contributed by atoms with Gasteiger partial charge in [0.05, 0.1) is 6.10 Å². The Labute approximate surface area is 78.6 Å². The van der Waals surface area contributed by atoms with E-state index < -0.39 is 0 Å². The number of anilines is 1. The van der Waals surface area contributed by atoms with Crippen molar-refractivity contribution >= 4 is 5.69 Å². The first-order chi connectivity index (χ1) is 6.18. The van der Waals surface area contributed by atoms with Crippen molar-refractivity contribution in [3.05, 3.63) is 28.8 Å². The van der Waals surface area contributed by atoms with Crippen LogP contribution in [0.15, 0.2) is 12.1 Å². The molecule has 1 aromatic carbocycles. The van der Waals surface area contributed by atoms with Crippen LogP contribution in [0.3, 0.4) is 0 Å². The Morgan fingerprint density at radius 1 is 1.31 bits per heavy atom. The molecule has 0 fully saturated rings. The van der Waals surface area contributed by atoms with Crippen LogP contribution in [-0.2, 0) is 6.42 Å². The number of fused-ring (bicyclic) bond motifs is 1. The van der Waals surface area contributed by atoms with E-state index >= 15 is 0 Å². The van der Waals surface area contributed by atoms with E-state index in [0.717, 1.165) is 6.42 Å². The monoisotopic (exact) mass is 177 g/mol. The Morgan fingerprint density at radius 2 is 2.00 bits per heavy atom. The molecule has 1 aliphatic heterocycles. The molecule has 2 rings (SSSR count). The van der Waals surface area contributed by atoms with Crippen molar-refractivity contribution in [2.24, 2.45) is 0 Å². The van der Waals surface area contributed by atoms with Crippen molar-refractivity contribution in [3.8, 4) is 0 Å². The van der Waals surface area contributed by atoms with E-state index in [1.54, 1.807) is 0 Å². The molecular formula is C11H15NO. The van der Waals surface area contributed by atoms with E-state index in [1.165, 1.54) is 22.4 Å². The predicted molar refractivity (Wildman–Crippen MR) is 54.1 cm³/mol. The van der Waals surface area contributed by atoms with Gasteiger partial charge in [-0.25, -0.2) is 0 Å². The van der Waals surface area contributed by atoms with E-state index in [1.807, 2.05) is 0 Å². The number of aryl methyl sites for hydroxylation is 2. The molecule has 2 N–H and O–H groups in total. The Balaban J connectivity index is 2.51. The topological polar surface area (TPSA) is 32.3 Å². The second kappa shape index (κ2) is 3.04. The van der Waals surface area contributed by atoms with Crippen molar-refractivity contribution in [1.29, 1.82) is 0 Å². The molecule has 0 spiro atoms. The minimum Gasteiger partial charge on any atom is -0.391 e. The molecule has 0 saturated heterocycles. The molecule has 2 heteroatoms. The summed E-state index contributed by atoms with van der Waals surface area (Å²) in [6.07, 6.45) is 0.559. The minimum absolute atomic E-state index is 0.229. The van der Waals surface area contributed by atoms with E-state index in [9.17, 15) is 5.11 Å². The molecule has 1 heterocycles. The van der Waals surface area contributed by atoms with E-state index in [-0.39, 0.29) is 6.10 Å². The third-order valence-electron chi connectivity index (χ3n) is 2.71. The maximum Gasteiger partial charge on any atom is 0.0753 e. The number of aliphatic hydroxyl groups is 1. The van der Waals surface area contributed by atoms with Gasteiger partial charge >= 0.3 is 0 Å². The van der Waals surface area contributed by atoms with Crippen molar-refractivity contribution < 1.29 is 5.11 Å². The average molecular weight is 177 g/mol. The van der Waals surface area contributed by atoms with Crippen LogP contribution in [0.5, 0.6) is 0 Å². The minimum atomic E-state index is -0.229. The van der Waals surface area contributed by atoms with Crippen molar-refractivity contribution in [2.45, 2.75) is 26.4 Å². The largest absolute Gasteiger partial charge is 0.391 e. The van der Waals surface area contributed by atoms with Crippen LogP contribution >= 0.6 is 0 Å². The van der Waals surface area contributed by atoms with Crippen molar-refractivity contribution in [1.82, 2.24) is 0 Å². The number of β-amino-alcohol motifs (C(OH)–C–C–N with tert-alkyl or cyclic N) is 1.